The second-order valence-corrected chi connectivity index (χ2v) is 6.97. The first kappa shape index (κ1) is 17.3. The van der Waals surface area contributed by atoms with Gasteiger partial charge in [-0.05, 0) is 32.4 Å². The molecule has 4 rings (SSSR count). The minimum Gasteiger partial charge on any atom is -0.460 e. The molecule has 0 fully saturated rings. The highest BCUT2D eigenvalue weighted by Crippen LogP contribution is 2.27. The highest BCUT2D eigenvalue weighted by atomic mass is 16.3. The summed E-state index contributed by atoms with van der Waals surface area (Å²) in [6.07, 6.45) is 0.726. The number of aryl methyl sites for hydroxylation is 2. The summed E-state index contributed by atoms with van der Waals surface area (Å²) in [6.45, 7) is 4.82. The van der Waals surface area contributed by atoms with Crippen LogP contribution in [0.25, 0.3) is 11.5 Å². The lowest BCUT2D eigenvalue weighted by molar-refractivity contribution is 0.0725. The monoisotopic (exact) mass is 366 g/mol. The smallest absolute Gasteiger partial charge is 0.274 e. The van der Waals surface area contributed by atoms with Crippen molar-refractivity contribution in [2.45, 2.75) is 26.8 Å². The van der Waals surface area contributed by atoms with Crippen LogP contribution in [0.4, 0.5) is 5.82 Å². The Morgan fingerprint density at radius 3 is 2.78 bits per heavy atom. The van der Waals surface area contributed by atoms with Gasteiger partial charge in [-0.3, -0.25) is 9.89 Å². The quantitative estimate of drug-likeness (QED) is 0.765. The molecule has 0 radical (unpaired) electrons. The summed E-state index contributed by atoms with van der Waals surface area (Å²) in [7, 11) is 3.95. The zero-order valence-corrected chi connectivity index (χ0v) is 15.9. The second kappa shape index (κ2) is 6.53. The van der Waals surface area contributed by atoms with Gasteiger partial charge in [-0.25, -0.2) is 9.97 Å². The van der Waals surface area contributed by atoms with Crippen LogP contribution >= 0.6 is 0 Å². The molecule has 1 aliphatic rings. The zero-order chi connectivity index (χ0) is 19.1. The maximum Gasteiger partial charge on any atom is 0.274 e. The van der Waals surface area contributed by atoms with Gasteiger partial charge in [0.2, 0.25) is 0 Å². The van der Waals surface area contributed by atoms with Gasteiger partial charge in [0.1, 0.15) is 23.1 Å². The van der Waals surface area contributed by atoms with E-state index in [1.165, 1.54) is 0 Å². The normalized spacial score (nSPS) is 13.6. The third-order valence-electron chi connectivity index (χ3n) is 4.67. The van der Waals surface area contributed by atoms with Gasteiger partial charge in [-0.2, -0.15) is 5.10 Å². The van der Waals surface area contributed by atoms with Crippen molar-refractivity contribution in [2.75, 3.05) is 25.5 Å². The van der Waals surface area contributed by atoms with E-state index in [0.29, 0.717) is 36.1 Å². The van der Waals surface area contributed by atoms with Crippen LogP contribution in [-0.4, -0.2) is 51.6 Å². The number of furan rings is 1. The number of fused-ring (bicyclic) bond motifs is 1. The lowest BCUT2D eigenvalue weighted by Crippen LogP contribution is -2.37. The van der Waals surface area contributed by atoms with Gasteiger partial charge >= 0.3 is 0 Å². The molecule has 0 aliphatic carbocycles. The molecule has 0 saturated carbocycles. The number of rotatable bonds is 3. The van der Waals surface area contributed by atoms with Crippen molar-refractivity contribution < 1.29 is 9.21 Å². The molecule has 1 amide bonds. The highest BCUT2D eigenvalue weighted by molar-refractivity contribution is 5.93. The zero-order valence-electron chi connectivity index (χ0n) is 15.9. The Hall–Kier alpha value is -3.16. The van der Waals surface area contributed by atoms with Crippen molar-refractivity contribution in [2.24, 2.45) is 0 Å². The molecule has 27 heavy (non-hydrogen) atoms. The van der Waals surface area contributed by atoms with Crippen molar-refractivity contribution in [1.82, 2.24) is 25.1 Å². The fourth-order valence-corrected chi connectivity index (χ4v) is 3.37. The third-order valence-corrected chi connectivity index (χ3v) is 4.67. The van der Waals surface area contributed by atoms with Crippen LogP contribution in [0.5, 0.6) is 0 Å². The van der Waals surface area contributed by atoms with Crippen LogP contribution in [-0.2, 0) is 13.0 Å². The molecule has 0 bridgehead atoms. The number of aromatic amines is 1. The number of aromatic nitrogens is 4. The predicted octanol–water partition coefficient (Wildman–Crippen LogP) is 2.34. The van der Waals surface area contributed by atoms with E-state index in [-0.39, 0.29) is 5.91 Å². The van der Waals surface area contributed by atoms with E-state index in [2.05, 4.69) is 20.2 Å². The molecule has 8 heteroatoms. The first-order valence-corrected chi connectivity index (χ1v) is 8.87. The summed E-state index contributed by atoms with van der Waals surface area (Å²) >= 11 is 0. The summed E-state index contributed by atoms with van der Waals surface area (Å²) in [5.41, 5.74) is 3.09. The Bertz CT molecular complexity index is 1000. The van der Waals surface area contributed by atoms with Gasteiger partial charge < -0.3 is 14.2 Å². The summed E-state index contributed by atoms with van der Waals surface area (Å²) in [5.74, 6) is 3.00. The largest absolute Gasteiger partial charge is 0.460 e. The van der Waals surface area contributed by atoms with Gasteiger partial charge in [-0.1, -0.05) is 0 Å². The van der Waals surface area contributed by atoms with Crippen LogP contribution in [0.3, 0.4) is 0 Å². The Morgan fingerprint density at radius 1 is 1.26 bits per heavy atom. The molecule has 0 unspecified atom stereocenters. The van der Waals surface area contributed by atoms with E-state index in [4.69, 9.17) is 4.42 Å². The summed E-state index contributed by atoms with van der Waals surface area (Å²) in [4.78, 5) is 25.8. The Kier molecular flexibility index (Phi) is 4.18. The first-order chi connectivity index (χ1) is 12.9. The van der Waals surface area contributed by atoms with E-state index in [1.54, 1.807) is 11.0 Å². The van der Waals surface area contributed by atoms with Crippen molar-refractivity contribution >= 4 is 11.7 Å². The fraction of sp³-hybridized carbons (Fsp3) is 0.368. The van der Waals surface area contributed by atoms with Crippen molar-refractivity contribution in [1.29, 1.82) is 0 Å². The lowest BCUT2D eigenvalue weighted by atomic mass is 10.0. The van der Waals surface area contributed by atoms with Crippen LogP contribution in [0, 0.1) is 13.8 Å². The Balaban J connectivity index is 1.57. The summed E-state index contributed by atoms with van der Waals surface area (Å²) in [5, 5.41) is 7.06. The molecule has 140 valence electrons. The predicted molar refractivity (Wildman–Crippen MR) is 101 cm³/mol. The van der Waals surface area contributed by atoms with Crippen LogP contribution in [0.2, 0.25) is 0 Å². The number of amides is 1. The van der Waals surface area contributed by atoms with Crippen molar-refractivity contribution in [3.8, 4) is 11.5 Å². The van der Waals surface area contributed by atoms with E-state index in [0.717, 1.165) is 29.3 Å². The maximum absolute atomic E-state index is 12.9. The number of H-pyrrole nitrogens is 1. The first-order valence-electron chi connectivity index (χ1n) is 8.87. The number of nitrogens with one attached hydrogen (secondary N) is 1. The molecular formula is C19H22N6O2. The molecule has 4 heterocycles. The van der Waals surface area contributed by atoms with Crippen LogP contribution < -0.4 is 4.90 Å². The summed E-state index contributed by atoms with van der Waals surface area (Å²) < 4.78 is 5.59. The lowest BCUT2D eigenvalue weighted by Gasteiger charge is -2.30. The number of nitrogens with zero attached hydrogens (tertiary/aromatic N) is 5. The molecule has 3 aromatic heterocycles. The second-order valence-electron chi connectivity index (χ2n) is 6.97. The van der Waals surface area contributed by atoms with E-state index >= 15 is 0 Å². The molecular weight excluding hydrogens is 344 g/mol. The summed E-state index contributed by atoms with van der Waals surface area (Å²) in [6, 6.07) is 5.47. The maximum atomic E-state index is 12.9. The number of carbonyl (C=O) groups is 1. The van der Waals surface area contributed by atoms with Gasteiger partial charge in [-0.15, -0.1) is 0 Å². The molecule has 0 saturated heterocycles. The number of carbonyl (C=O) groups excluding carboxylic acids is 1. The topological polar surface area (TPSA) is 91.2 Å². The van der Waals surface area contributed by atoms with Gasteiger partial charge in [0.05, 0.1) is 12.2 Å². The van der Waals surface area contributed by atoms with Gasteiger partial charge in [0.15, 0.2) is 11.5 Å². The Labute approximate surface area is 157 Å². The van der Waals surface area contributed by atoms with Crippen molar-refractivity contribution in [3.05, 3.63) is 46.7 Å². The van der Waals surface area contributed by atoms with E-state index in [1.807, 2.05) is 45.0 Å². The molecule has 1 aliphatic heterocycles. The molecule has 0 atom stereocenters. The highest BCUT2D eigenvalue weighted by Gasteiger charge is 2.27. The fourth-order valence-electron chi connectivity index (χ4n) is 3.37. The van der Waals surface area contributed by atoms with E-state index in [9.17, 15) is 4.79 Å². The number of hydrogen-bond acceptors (Lipinski definition) is 6. The third kappa shape index (κ3) is 3.18. The van der Waals surface area contributed by atoms with Crippen molar-refractivity contribution in [3.63, 3.8) is 0 Å². The van der Waals surface area contributed by atoms with Crippen LogP contribution in [0.1, 0.15) is 33.3 Å². The molecule has 1 N–H and O–H groups in total. The molecule has 0 spiro atoms. The number of hydrogen-bond donors (Lipinski definition) is 1. The molecule has 8 nitrogen and oxygen atoms in total. The van der Waals surface area contributed by atoms with E-state index < -0.39 is 0 Å². The molecule has 3 aromatic rings. The SMILES string of the molecule is Cc1nc2c(c(N(C)C)n1)CCN(C(=O)c1cc(-c3ccc(C)o3)[nH]n1)C2. The standard InChI is InChI=1S/C19H22N6O2/c1-11-5-6-17(27-11)14-9-15(23-22-14)19(26)25-8-7-13-16(10-25)20-12(2)21-18(13)24(3)4/h5-6,9H,7-8,10H2,1-4H3,(H,22,23). The van der Waals surface area contributed by atoms with Gasteiger partial charge in [0.25, 0.3) is 5.91 Å². The Morgan fingerprint density at radius 2 is 2.07 bits per heavy atom. The average molecular weight is 366 g/mol. The number of anilines is 1. The minimum absolute atomic E-state index is 0.117. The minimum atomic E-state index is -0.117. The average Bonchev–Trinajstić information content (AvgIpc) is 3.28. The van der Waals surface area contributed by atoms with Gasteiger partial charge in [0, 0.05) is 32.3 Å². The van der Waals surface area contributed by atoms with Crippen LogP contribution in [0.15, 0.2) is 22.6 Å². The molecule has 0 aromatic carbocycles.